The van der Waals surface area contributed by atoms with Crippen molar-refractivity contribution in [2.24, 2.45) is 5.10 Å². The van der Waals surface area contributed by atoms with Crippen LogP contribution in [0.15, 0.2) is 47.6 Å². The van der Waals surface area contributed by atoms with Crippen LogP contribution in [0.5, 0.6) is 17.2 Å². The van der Waals surface area contributed by atoms with Crippen LogP contribution in [0.25, 0.3) is 0 Å². The summed E-state index contributed by atoms with van der Waals surface area (Å²) in [4.78, 5) is 12.0. The number of amides is 1. The lowest BCUT2D eigenvalue weighted by Crippen LogP contribution is -2.33. The zero-order chi connectivity index (χ0) is 18.9. The molecule has 0 spiro atoms. The Balaban J connectivity index is 1.91. The molecule has 1 unspecified atom stereocenters. The summed E-state index contributed by atoms with van der Waals surface area (Å²) in [6.45, 7) is 3.83. The number of hydrazone groups is 1. The Hall–Kier alpha value is -3.53. The highest BCUT2D eigenvalue weighted by atomic mass is 16.5. The zero-order valence-corrected chi connectivity index (χ0v) is 14.5. The van der Waals surface area contributed by atoms with Crippen molar-refractivity contribution in [2.45, 2.75) is 20.0 Å². The van der Waals surface area contributed by atoms with Crippen molar-refractivity contribution in [3.8, 4) is 23.3 Å². The van der Waals surface area contributed by atoms with Gasteiger partial charge < -0.3 is 14.6 Å². The Morgan fingerprint density at radius 1 is 1.35 bits per heavy atom. The van der Waals surface area contributed by atoms with Crippen molar-refractivity contribution in [3.63, 3.8) is 0 Å². The second kappa shape index (κ2) is 9.08. The lowest BCUT2D eigenvalue weighted by atomic mass is 10.2. The second-order valence-electron chi connectivity index (χ2n) is 5.29. The number of hydrogen-bond donors (Lipinski definition) is 2. The molecule has 0 aliphatic heterocycles. The summed E-state index contributed by atoms with van der Waals surface area (Å²) in [6.07, 6.45) is 0.674. The summed E-state index contributed by atoms with van der Waals surface area (Å²) < 4.78 is 10.8. The van der Waals surface area contributed by atoms with E-state index in [4.69, 9.17) is 14.7 Å². The maximum Gasteiger partial charge on any atom is 0.280 e. The standard InChI is InChI=1S/C19H19N3O4/c1-3-25-18-10-15(6-9-17(18)23)12-21-22-19(24)13(2)26-16-7-4-14(11-20)5-8-16/h4-10,12-13,23H,3H2,1-2H3,(H,22,24)/b21-12+. The smallest absolute Gasteiger partial charge is 0.280 e. The van der Waals surface area contributed by atoms with Crippen LogP contribution in [-0.4, -0.2) is 29.9 Å². The summed E-state index contributed by atoms with van der Waals surface area (Å²) in [5.41, 5.74) is 3.56. The molecule has 2 aromatic rings. The van der Waals surface area contributed by atoms with Crippen LogP contribution in [0.4, 0.5) is 0 Å². The molecule has 134 valence electrons. The number of carbonyl (C=O) groups excluding carboxylic acids is 1. The van der Waals surface area contributed by atoms with Crippen LogP contribution in [0.2, 0.25) is 0 Å². The van der Waals surface area contributed by atoms with Crippen LogP contribution >= 0.6 is 0 Å². The molecular weight excluding hydrogens is 334 g/mol. The van der Waals surface area contributed by atoms with E-state index in [0.717, 1.165) is 0 Å². The Labute approximate surface area is 151 Å². The van der Waals surface area contributed by atoms with Crippen molar-refractivity contribution in [1.29, 1.82) is 5.26 Å². The number of nitriles is 1. The highest BCUT2D eigenvalue weighted by Crippen LogP contribution is 2.26. The van der Waals surface area contributed by atoms with E-state index in [-0.39, 0.29) is 5.75 Å². The number of nitrogens with zero attached hydrogens (tertiary/aromatic N) is 2. The average molecular weight is 353 g/mol. The number of nitrogens with one attached hydrogen (secondary N) is 1. The predicted octanol–water partition coefficient (Wildman–Crippen LogP) is 2.58. The minimum Gasteiger partial charge on any atom is -0.504 e. The molecule has 0 aliphatic rings. The molecule has 1 atom stereocenters. The van der Waals surface area contributed by atoms with Crippen LogP contribution in [0, 0.1) is 11.3 Å². The third-order valence-electron chi connectivity index (χ3n) is 3.34. The van der Waals surface area contributed by atoms with Gasteiger partial charge in [0.1, 0.15) is 5.75 Å². The first kappa shape index (κ1) is 18.8. The molecule has 0 bridgehead atoms. The molecule has 1 amide bonds. The topological polar surface area (TPSA) is 104 Å². The summed E-state index contributed by atoms with van der Waals surface area (Å²) in [7, 11) is 0. The summed E-state index contributed by atoms with van der Waals surface area (Å²) in [5.74, 6) is 0.447. The van der Waals surface area contributed by atoms with E-state index in [1.165, 1.54) is 12.3 Å². The van der Waals surface area contributed by atoms with E-state index >= 15 is 0 Å². The first-order valence-electron chi connectivity index (χ1n) is 7.99. The van der Waals surface area contributed by atoms with Gasteiger partial charge in [-0.3, -0.25) is 4.79 Å². The fourth-order valence-corrected chi connectivity index (χ4v) is 2.01. The van der Waals surface area contributed by atoms with Crippen LogP contribution in [0.1, 0.15) is 25.0 Å². The van der Waals surface area contributed by atoms with Gasteiger partial charge in [0.25, 0.3) is 5.91 Å². The third-order valence-corrected chi connectivity index (χ3v) is 3.34. The molecular formula is C19H19N3O4. The van der Waals surface area contributed by atoms with Gasteiger partial charge in [-0.05, 0) is 61.9 Å². The lowest BCUT2D eigenvalue weighted by molar-refractivity contribution is -0.127. The number of phenols is 1. The van der Waals surface area contributed by atoms with Crippen LogP contribution in [0.3, 0.4) is 0 Å². The number of aromatic hydroxyl groups is 1. The Morgan fingerprint density at radius 2 is 2.08 bits per heavy atom. The molecule has 7 nitrogen and oxygen atoms in total. The van der Waals surface area contributed by atoms with Gasteiger partial charge in [0, 0.05) is 0 Å². The van der Waals surface area contributed by atoms with E-state index in [9.17, 15) is 9.90 Å². The molecule has 2 rings (SSSR count). The molecule has 7 heteroatoms. The number of rotatable bonds is 7. The number of phenolic OH excluding ortho intramolecular Hbond substituents is 1. The zero-order valence-electron chi connectivity index (χ0n) is 14.5. The molecule has 0 radical (unpaired) electrons. The van der Waals surface area contributed by atoms with Crippen molar-refractivity contribution in [1.82, 2.24) is 5.43 Å². The van der Waals surface area contributed by atoms with Gasteiger partial charge in [0.05, 0.1) is 24.5 Å². The van der Waals surface area contributed by atoms with Gasteiger partial charge in [-0.2, -0.15) is 10.4 Å². The highest BCUT2D eigenvalue weighted by molar-refractivity contribution is 5.84. The minimum atomic E-state index is -0.765. The van der Waals surface area contributed by atoms with Crippen molar-refractivity contribution in [3.05, 3.63) is 53.6 Å². The minimum absolute atomic E-state index is 0.0393. The highest BCUT2D eigenvalue weighted by Gasteiger charge is 2.13. The first-order valence-corrected chi connectivity index (χ1v) is 7.99. The summed E-state index contributed by atoms with van der Waals surface area (Å²) >= 11 is 0. The number of benzene rings is 2. The van der Waals surface area contributed by atoms with E-state index < -0.39 is 12.0 Å². The quantitative estimate of drug-likeness (QED) is 0.588. The van der Waals surface area contributed by atoms with Gasteiger partial charge in [0.2, 0.25) is 0 Å². The second-order valence-corrected chi connectivity index (χ2v) is 5.29. The van der Waals surface area contributed by atoms with Gasteiger partial charge in [-0.15, -0.1) is 0 Å². The first-order chi connectivity index (χ1) is 12.5. The lowest BCUT2D eigenvalue weighted by Gasteiger charge is -2.12. The molecule has 2 N–H and O–H groups in total. The molecule has 0 saturated carbocycles. The molecule has 0 saturated heterocycles. The fourth-order valence-electron chi connectivity index (χ4n) is 2.01. The van der Waals surface area contributed by atoms with Crippen molar-refractivity contribution in [2.75, 3.05) is 6.61 Å². The molecule has 0 aliphatic carbocycles. The number of ether oxygens (including phenoxy) is 2. The Bertz CT molecular complexity index is 826. The van der Waals surface area contributed by atoms with Crippen molar-refractivity contribution < 1.29 is 19.4 Å². The number of carbonyl (C=O) groups is 1. The van der Waals surface area contributed by atoms with E-state index in [2.05, 4.69) is 10.5 Å². The Morgan fingerprint density at radius 3 is 2.73 bits per heavy atom. The fraction of sp³-hybridized carbons (Fsp3) is 0.211. The number of hydrogen-bond acceptors (Lipinski definition) is 6. The van der Waals surface area contributed by atoms with E-state index in [1.807, 2.05) is 13.0 Å². The largest absolute Gasteiger partial charge is 0.504 e. The maximum atomic E-state index is 12.0. The average Bonchev–Trinajstić information content (AvgIpc) is 2.65. The van der Waals surface area contributed by atoms with Gasteiger partial charge in [0.15, 0.2) is 17.6 Å². The van der Waals surface area contributed by atoms with Crippen LogP contribution in [-0.2, 0) is 4.79 Å². The maximum absolute atomic E-state index is 12.0. The predicted molar refractivity (Wildman–Crippen MR) is 96.3 cm³/mol. The van der Waals surface area contributed by atoms with Crippen molar-refractivity contribution >= 4 is 12.1 Å². The van der Waals surface area contributed by atoms with E-state index in [1.54, 1.807) is 43.3 Å². The van der Waals surface area contributed by atoms with Crippen LogP contribution < -0.4 is 14.9 Å². The molecule has 0 fully saturated rings. The molecule has 26 heavy (non-hydrogen) atoms. The monoisotopic (exact) mass is 353 g/mol. The molecule has 2 aromatic carbocycles. The SMILES string of the molecule is CCOc1cc(/C=N/NC(=O)C(C)Oc2ccc(C#N)cc2)ccc1O. The van der Waals surface area contributed by atoms with Gasteiger partial charge in [-0.25, -0.2) is 5.43 Å². The molecule has 0 heterocycles. The van der Waals surface area contributed by atoms with Gasteiger partial charge in [-0.1, -0.05) is 0 Å². The molecule has 0 aromatic heterocycles. The summed E-state index contributed by atoms with van der Waals surface area (Å²) in [5, 5.41) is 22.3. The Kier molecular flexibility index (Phi) is 6.57. The summed E-state index contributed by atoms with van der Waals surface area (Å²) in [6, 6.07) is 13.2. The van der Waals surface area contributed by atoms with Gasteiger partial charge >= 0.3 is 0 Å². The normalized spacial score (nSPS) is 11.6. The van der Waals surface area contributed by atoms with E-state index in [0.29, 0.717) is 29.2 Å². The third kappa shape index (κ3) is 5.24.